The molecule has 128 valence electrons. The Bertz CT molecular complexity index is 931. The monoisotopic (exact) mass is 380 g/mol. The van der Waals surface area contributed by atoms with E-state index in [-0.39, 0.29) is 32.5 Å². The Morgan fingerprint density at radius 3 is 2.68 bits per heavy atom. The molecule has 1 atom stereocenters. The van der Waals surface area contributed by atoms with Gasteiger partial charge in [0.25, 0.3) is 11.6 Å². The Morgan fingerprint density at radius 2 is 2.00 bits per heavy atom. The van der Waals surface area contributed by atoms with Gasteiger partial charge in [0.05, 0.1) is 22.1 Å². The molecular formula is C16H10Cl2N2O5. The highest BCUT2D eigenvalue weighted by atomic mass is 35.5. The van der Waals surface area contributed by atoms with Crippen molar-refractivity contribution < 1.29 is 19.6 Å². The molecule has 0 aliphatic carbocycles. The number of fused-ring (bicyclic) bond motifs is 1. The van der Waals surface area contributed by atoms with E-state index >= 15 is 0 Å². The molecule has 1 aliphatic rings. The number of carbonyl (C=O) groups excluding carboxylic acids is 2. The number of Topliss-reactive ketones (excluding diaryl/α,β-unsaturated/α-hetero) is 1. The van der Waals surface area contributed by atoms with Gasteiger partial charge in [0.15, 0.2) is 11.4 Å². The number of halogens is 2. The van der Waals surface area contributed by atoms with E-state index in [2.05, 4.69) is 5.32 Å². The number of nitro groups is 1. The first kappa shape index (κ1) is 17.3. The molecule has 0 bridgehead atoms. The summed E-state index contributed by atoms with van der Waals surface area (Å²) in [6, 6.07) is 7.81. The molecule has 25 heavy (non-hydrogen) atoms. The molecule has 9 heteroatoms. The SMILES string of the molecule is O=C(C[C@@]1(O)C(=O)Nc2cc(Cl)cc(Cl)c21)c1cccc([N+](=O)[O-])c1. The lowest BCUT2D eigenvalue weighted by Gasteiger charge is -2.21. The van der Waals surface area contributed by atoms with Gasteiger partial charge in [0, 0.05) is 28.3 Å². The molecule has 0 saturated heterocycles. The predicted octanol–water partition coefficient (Wildman–Crippen LogP) is 3.31. The fourth-order valence-corrected chi connectivity index (χ4v) is 3.38. The van der Waals surface area contributed by atoms with Crippen LogP contribution in [-0.4, -0.2) is 21.7 Å². The van der Waals surface area contributed by atoms with E-state index in [0.717, 1.165) is 6.07 Å². The second kappa shape index (κ2) is 6.11. The third-order valence-corrected chi connectivity index (χ3v) is 4.40. The summed E-state index contributed by atoms with van der Waals surface area (Å²) in [6.45, 7) is 0. The second-order valence-electron chi connectivity index (χ2n) is 5.53. The number of non-ortho nitro benzene ring substituents is 1. The lowest BCUT2D eigenvalue weighted by Crippen LogP contribution is -2.36. The van der Waals surface area contributed by atoms with E-state index in [1.807, 2.05) is 0 Å². The number of nitrogens with one attached hydrogen (secondary N) is 1. The topological polar surface area (TPSA) is 110 Å². The van der Waals surface area contributed by atoms with Gasteiger partial charge in [-0.3, -0.25) is 19.7 Å². The Morgan fingerprint density at radius 1 is 1.28 bits per heavy atom. The Hall–Kier alpha value is -2.48. The lowest BCUT2D eigenvalue weighted by atomic mass is 9.88. The van der Waals surface area contributed by atoms with Crippen molar-refractivity contribution in [2.45, 2.75) is 12.0 Å². The van der Waals surface area contributed by atoms with Crippen molar-refractivity contribution in [2.24, 2.45) is 0 Å². The smallest absolute Gasteiger partial charge is 0.270 e. The van der Waals surface area contributed by atoms with Crippen molar-refractivity contribution in [2.75, 3.05) is 5.32 Å². The molecule has 0 saturated carbocycles. The van der Waals surface area contributed by atoms with E-state index in [1.54, 1.807) is 0 Å². The Labute approximate surface area is 151 Å². The largest absolute Gasteiger partial charge is 0.375 e. The third kappa shape index (κ3) is 2.97. The molecule has 0 spiro atoms. The second-order valence-corrected chi connectivity index (χ2v) is 6.38. The first-order valence-electron chi connectivity index (χ1n) is 7.03. The van der Waals surface area contributed by atoms with Crippen molar-refractivity contribution in [1.82, 2.24) is 0 Å². The molecule has 0 aromatic heterocycles. The summed E-state index contributed by atoms with van der Waals surface area (Å²) in [5.74, 6) is -1.45. The van der Waals surface area contributed by atoms with Gasteiger partial charge in [-0.15, -0.1) is 0 Å². The summed E-state index contributed by atoms with van der Waals surface area (Å²) in [6.07, 6.45) is -0.617. The van der Waals surface area contributed by atoms with Crippen LogP contribution in [0.1, 0.15) is 22.3 Å². The third-order valence-electron chi connectivity index (χ3n) is 3.89. The zero-order chi connectivity index (χ0) is 18.4. The van der Waals surface area contributed by atoms with Crippen LogP contribution < -0.4 is 5.32 Å². The van der Waals surface area contributed by atoms with Crippen LogP contribution in [0, 0.1) is 10.1 Å². The molecule has 0 fully saturated rings. The van der Waals surface area contributed by atoms with E-state index in [1.165, 1.54) is 30.3 Å². The molecule has 0 radical (unpaired) electrons. The van der Waals surface area contributed by atoms with Crippen LogP contribution >= 0.6 is 23.2 Å². The van der Waals surface area contributed by atoms with Gasteiger partial charge in [0.1, 0.15) is 0 Å². The Kier molecular flexibility index (Phi) is 4.24. The number of carbonyl (C=O) groups is 2. The van der Waals surface area contributed by atoms with Gasteiger partial charge in [-0.2, -0.15) is 0 Å². The van der Waals surface area contributed by atoms with Gasteiger partial charge in [0.2, 0.25) is 0 Å². The van der Waals surface area contributed by atoms with Crippen molar-refractivity contribution in [3.63, 3.8) is 0 Å². The number of nitro benzene ring substituents is 1. The van der Waals surface area contributed by atoms with E-state index in [0.29, 0.717) is 0 Å². The number of amides is 1. The number of hydrogen-bond acceptors (Lipinski definition) is 5. The minimum absolute atomic E-state index is 0.00830. The lowest BCUT2D eigenvalue weighted by molar-refractivity contribution is -0.384. The normalized spacial score (nSPS) is 18.6. The highest BCUT2D eigenvalue weighted by molar-refractivity contribution is 6.36. The van der Waals surface area contributed by atoms with Gasteiger partial charge in [-0.1, -0.05) is 35.3 Å². The molecule has 2 aromatic rings. The summed E-state index contributed by atoms with van der Waals surface area (Å²) in [4.78, 5) is 34.9. The number of benzene rings is 2. The van der Waals surface area contributed by atoms with Gasteiger partial charge >= 0.3 is 0 Å². The van der Waals surface area contributed by atoms with Crippen LogP contribution in [0.2, 0.25) is 10.0 Å². The average molecular weight is 381 g/mol. The van der Waals surface area contributed by atoms with E-state index in [9.17, 15) is 24.8 Å². The van der Waals surface area contributed by atoms with Crippen LogP contribution in [0.5, 0.6) is 0 Å². The summed E-state index contributed by atoms with van der Waals surface area (Å²) < 4.78 is 0. The summed E-state index contributed by atoms with van der Waals surface area (Å²) in [5.41, 5.74) is -2.16. The van der Waals surface area contributed by atoms with Gasteiger partial charge < -0.3 is 10.4 Å². The quantitative estimate of drug-likeness (QED) is 0.480. The number of rotatable bonds is 4. The molecule has 2 N–H and O–H groups in total. The van der Waals surface area contributed by atoms with Crippen LogP contribution in [-0.2, 0) is 10.4 Å². The van der Waals surface area contributed by atoms with E-state index < -0.39 is 28.6 Å². The molecular weight excluding hydrogens is 371 g/mol. The highest BCUT2D eigenvalue weighted by Gasteiger charge is 2.48. The number of hydrogen-bond donors (Lipinski definition) is 2. The number of aliphatic hydroxyl groups is 1. The zero-order valence-electron chi connectivity index (χ0n) is 12.5. The fraction of sp³-hybridized carbons (Fsp3) is 0.125. The summed E-state index contributed by atoms with van der Waals surface area (Å²) >= 11 is 12.0. The first-order valence-corrected chi connectivity index (χ1v) is 7.79. The molecule has 3 rings (SSSR count). The molecule has 1 heterocycles. The average Bonchev–Trinajstić information content (AvgIpc) is 2.77. The van der Waals surface area contributed by atoms with Crippen LogP contribution in [0.3, 0.4) is 0 Å². The standard InChI is InChI=1S/C16H10Cl2N2O5/c17-9-5-11(18)14-12(6-9)19-15(22)16(14,23)7-13(21)8-2-1-3-10(4-8)20(24)25/h1-6,23H,7H2,(H,19,22)/t16-/m0/s1. The molecule has 2 aromatic carbocycles. The zero-order valence-corrected chi connectivity index (χ0v) is 14.0. The van der Waals surface area contributed by atoms with Crippen molar-refractivity contribution in [3.05, 3.63) is 67.7 Å². The van der Waals surface area contributed by atoms with Crippen molar-refractivity contribution in [3.8, 4) is 0 Å². The van der Waals surface area contributed by atoms with Crippen LogP contribution in [0.4, 0.5) is 11.4 Å². The van der Waals surface area contributed by atoms with E-state index in [4.69, 9.17) is 23.2 Å². The maximum atomic E-state index is 12.5. The van der Waals surface area contributed by atoms with Crippen molar-refractivity contribution >= 4 is 46.3 Å². The molecule has 7 nitrogen and oxygen atoms in total. The van der Waals surface area contributed by atoms with Gasteiger partial charge in [-0.25, -0.2) is 0 Å². The minimum Gasteiger partial charge on any atom is -0.375 e. The number of anilines is 1. The molecule has 1 amide bonds. The number of nitrogens with zero attached hydrogens (tertiary/aromatic N) is 1. The van der Waals surface area contributed by atoms with Crippen LogP contribution in [0.25, 0.3) is 0 Å². The maximum absolute atomic E-state index is 12.5. The fourth-order valence-electron chi connectivity index (χ4n) is 2.73. The Balaban J connectivity index is 1.98. The predicted molar refractivity (Wildman–Crippen MR) is 91.0 cm³/mol. The summed E-state index contributed by atoms with van der Waals surface area (Å²) in [5, 5.41) is 24.4. The highest BCUT2D eigenvalue weighted by Crippen LogP contribution is 2.44. The molecule has 1 aliphatic heterocycles. The number of ketones is 1. The maximum Gasteiger partial charge on any atom is 0.270 e. The molecule has 0 unspecified atom stereocenters. The first-order chi connectivity index (χ1) is 11.7. The summed E-state index contributed by atoms with van der Waals surface area (Å²) in [7, 11) is 0. The van der Waals surface area contributed by atoms with Crippen molar-refractivity contribution in [1.29, 1.82) is 0 Å². The van der Waals surface area contributed by atoms with Crippen LogP contribution in [0.15, 0.2) is 36.4 Å². The van der Waals surface area contributed by atoms with Gasteiger partial charge in [-0.05, 0) is 12.1 Å². The minimum atomic E-state index is -2.18.